The van der Waals surface area contributed by atoms with Gasteiger partial charge in [0, 0.05) is 30.9 Å². The molecule has 0 bridgehead atoms. The van der Waals surface area contributed by atoms with Crippen LogP contribution in [0.4, 0.5) is 11.4 Å². The number of amides is 2. The summed E-state index contributed by atoms with van der Waals surface area (Å²) < 4.78 is 0. The fourth-order valence-corrected chi connectivity index (χ4v) is 2.71. The third-order valence-electron chi connectivity index (χ3n) is 4.33. The monoisotopic (exact) mass is 359 g/mol. The number of carbonyl (C=O) groups is 2. The van der Waals surface area contributed by atoms with Gasteiger partial charge in [0.2, 0.25) is 5.91 Å². The molecule has 3 rings (SSSR count). The molecule has 5 heteroatoms. The first kappa shape index (κ1) is 18.3. The summed E-state index contributed by atoms with van der Waals surface area (Å²) >= 11 is 0. The molecule has 0 radical (unpaired) electrons. The number of aromatic nitrogens is 1. The van der Waals surface area contributed by atoms with Gasteiger partial charge in [0.25, 0.3) is 5.91 Å². The topological polar surface area (TPSA) is 62.3 Å². The first-order valence-corrected chi connectivity index (χ1v) is 8.77. The maximum atomic E-state index is 12.3. The van der Waals surface area contributed by atoms with Crippen molar-refractivity contribution >= 4 is 23.2 Å². The number of rotatable bonds is 5. The average Bonchev–Trinajstić information content (AvgIpc) is 2.73. The molecule has 0 aliphatic rings. The number of hydrogen-bond acceptors (Lipinski definition) is 3. The minimum absolute atomic E-state index is 0.0757. The predicted molar refractivity (Wildman–Crippen MR) is 108 cm³/mol. The standard InChI is InChI=1S/C22H21N3O2/c1-3-21(26)25(2)20-12-10-17(11-13-20)16-6-8-18(9-7-16)22(27)24-19-5-4-14-23-15-19/h4-15H,3H2,1-2H3,(H,24,27). The van der Waals surface area contributed by atoms with Crippen LogP contribution >= 0.6 is 0 Å². The maximum Gasteiger partial charge on any atom is 0.255 e. The third kappa shape index (κ3) is 4.39. The highest BCUT2D eigenvalue weighted by Gasteiger charge is 2.09. The molecule has 0 spiro atoms. The summed E-state index contributed by atoms with van der Waals surface area (Å²) in [6, 6.07) is 18.8. The Morgan fingerprint density at radius 1 is 0.963 bits per heavy atom. The average molecular weight is 359 g/mol. The summed E-state index contributed by atoms with van der Waals surface area (Å²) in [5.74, 6) is -0.101. The van der Waals surface area contributed by atoms with Crippen LogP contribution in [0.1, 0.15) is 23.7 Å². The Morgan fingerprint density at radius 3 is 2.15 bits per heavy atom. The Balaban J connectivity index is 1.71. The summed E-state index contributed by atoms with van der Waals surface area (Å²) in [4.78, 5) is 29.7. The van der Waals surface area contributed by atoms with Crippen molar-refractivity contribution in [3.8, 4) is 11.1 Å². The van der Waals surface area contributed by atoms with Gasteiger partial charge in [-0.15, -0.1) is 0 Å². The molecule has 0 atom stereocenters. The molecule has 1 heterocycles. The van der Waals surface area contributed by atoms with Gasteiger partial charge in [-0.1, -0.05) is 31.2 Å². The SMILES string of the molecule is CCC(=O)N(C)c1ccc(-c2ccc(C(=O)Nc3cccnc3)cc2)cc1. The number of nitrogens with one attached hydrogen (secondary N) is 1. The zero-order valence-corrected chi connectivity index (χ0v) is 15.3. The molecule has 0 saturated heterocycles. The molecular formula is C22H21N3O2. The van der Waals surface area contributed by atoms with E-state index in [1.54, 1.807) is 48.6 Å². The summed E-state index contributed by atoms with van der Waals surface area (Å²) in [6.45, 7) is 1.85. The van der Waals surface area contributed by atoms with E-state index in [4.69, 9.17) is 0 Å². The Labute approximate surface area is 158 Å². The van der Waals surface area contributed by atoms with Gasteiger partial charge in [-0.3, -0.25) is 14.6 Å². The second-order valence-electron chi connectivity index (χ2n) is 6.13. The predicted octanol–water partition coefficient (Wildman–Crippen LogP) is 4.37. The van der Waals surface area contributed by atoms with Crippen molar-refractivity contribution in [1.82, 2.24) is 4.98 Å². The number of nitrogens with zero attached hydrogens (tertiary/aromatic N) is 2. The number of benzene rings is 2. The third-order valence-corrected chi connectivity index (χ3v) is 4.33. The molecule has 0 saturated carbocycles. The number of hydrogen-bond donors (Lipinski definition) is 1. The largest absolute Gasteiger partial charge is 0.321 e. The molecule has 0 unspecified atom stereocenters. The molecule has 1 aromatic heterocycles. The van der Waals surface area contributed by atoms with Gasteiger partial charge in [-0.2, -0.15) is 0 Å². The number of pyridine rings is 1. The lowest BCUT2D eigenvalue weighted by Crippen LogP contribution is -2.24. The second-order valence-corrected chi connectivity index (χ2v) is 6.13. The highest BCUT2D eigenvalue weighted by atomic mass is 16.2. The van der Waals surface area contributed by atoms with E-state index in [1.807, 2.05) is 43.3 Å². The van der Waals surface area contributed by atoms with E-state index >= 15 is 0 Å². The van der Waals surface area contributed by atoms with Gasteiger partial charge in [0.1, 0.15) is 0 Å². The zero-order valence-electron chi connectivity index (χ0n) is 15.3. The molecule has 1 N–H and O–H groups in total. The van der Waals surface area contributed by atoms with E-state index in [2.05, 4.69) is 10.3 Å². The molecule has 5 nitrogen and oxygen atoms in total. The summed E-state index contributed by atoms with van der Waals surface area (Å²) in [5, 5.41) is 2.81. The fraction of sp³-hybridized carbons (Fsp3) is 0.136. The van der Waals surface area contributed by atoms with Crippen molar-refractivity contribution in [3.05, 3.63) is 78.6 Å². The summed E-state index contributed by atoms with van der Waals surface area (Å²) in [6.07, 6.45) is 3.74. The van der Waals surface area contributed by atoms with E-state index in [1.165, 1.54) is 0 Å². The highest BCUT2D eigenvalue weighted by molar-refractivity contribution is 6.04. The van der Waals surface area contributed by atoms with Gasteiger partial charge >= 0.3 is 0 Å². The number of anilines is 2. The lowest BCUT2D eigenvalue weighted by atomic mass is 10.0. The lowest BCUT2D eigenvalue weighted by Gasteiger charge is -2.16. The van der Waals surface area contributed by atoms with E-state index in [9.17, 15) is 9.59 Å². The van der Waals surface area contributed by atoms with E-state index in [0.717, 1.165) is 16.8 Å². The van der Waals surface area contributed by atoms with Crippen LogP contribution in [-0.2, 0) is 4.79 Å². The first-order valence-electron chi connectivity index (χ1n) is 8.77. The van der Waals surface area contributed by atoms with Gasteiger partial charge < -0.3 is 10.2 Å². The molecule has 0 aliphatic heterocycles. The van der Waals surface area contributed by atoms with Crippen molar-refractivity contribution < 1.29 is 9.59 Å². The smallest absolute Gasteiger partial charge is 0.255 e. The molecule has 27 heavy (non-hydrogen) atoms. The summed E-state index contributed by atoms with van der Waals surface area (Å²) in [7, 11) is 1.77. The van der Waals surface area contributed by atoms with Crippen molar-refractivity contribution in [2.75, 3.05) is 17.3 Å². The van der Waals surface area contributed by atoms with Crippen LogP contribution in [0.3, 0.4) is 0 Å². The lowest BCUT2D eigenvalue weighted by molar-refractivity contribution is -0.118. The highest BCUT2D eigenvalue weighted by Crippen LogP contribution is 2.23. The Kier molecular flexibility index (Phi) is 5.61. The Bertz CT molecular complexity index is 920. The van der Waals surface area contributed by atoms with Crippen LogP contribution in [0.5, 0.6) is 0 Å². The van der Waals surface area contributed by atoms with Crippen LogP contribution in [0, 0.1) is 0 Å². The van der Waals surface area contributed by atoms with Crippen LogP contribution in [-0.4, -0.2) is 23.8 Å². The molecule has 2 amide bonds. The molecule has 0 aliphatic carbocycles. The maximum absolute atomic E-state index is 12.3. The minimum Gasteiger partial charge on any atom is -0.321 e. The fourth-order valence-electron chi connectivity index (χ4n) is 2.71. The van der Waals surface area contributed by atoms with Gasteiger partial charge in [0.05, 0.1) is 11.9 Å². The summed E-state index contributed by atoms with van der Waals surface area (Å²) in [5.41, 5.74) is 4.12. The first-order chi connectivity index (χ1) is 13.1. The number of carbonyl (C=O) groups excluding carboxylic acids is 2. The molecule has 2 aromatic carbocycles. The van der Waals surface area contributed by atoms with Crippen molar-refractivity contribution in [2.24, 2.45) is 0 Å². The zero-order chi connectivity index (χ0) is 19.2. The van der Waals surface area contributed by atoms with Crippen LogP contribution in [0.2, 0.25) is 0 Å². The van der Waals surface area contributed by atoms with Crippen molar-refractivity contribution in [1.29, 1.82) is 0 Å². The van der Waals surface area contributed by atoms with E-state index in [-0.39, 0.29) is 11.8 Å². The molecular weight excluding hydrogens is 338 g/mol. The Hall–Kier alpha value is -3.47. The van der Waals surface area contributed by atoms with Gasteiger partial charge in [0.15, 0.2) is 0 Å². The normalized spacial score (nSPS) is 10.3. The van der Waals surface area contributed by atoms with E-state index in [0.29, 0.717) is 17.7 Å². The van der Waals surface area contributed by atoms with Crippen molar-refractivity contribution in [2.45, 2.75) is 13.3 Å². The van der Waals surface area contributed by atoms with Gasteiger partial charge in [-0.05, 0) is 47.5 Å². The minimum atomic E-state index is -0.176. The molecule has 0 fully saturated rings. The Morgan fingerprint density at radius 2 is 1.59 bits per heavy atom. The van der Waals surface area contributed by atoms with Crippen LogP contribution in [0.25, 0.3) is 11.1 Å². The second kappa shape index (κ2) is 8.27. The van der Waals surface area contributed by atoms with E-state index < -0.39 is 0 Å². The van der Waals surface area contributed by atoms with Gasteiger partial charge in [-0.25, -0.2) is 0 Å². The molecule has 136 valence electrons. The molecule has 3 aromatic rings. The quantitative estimate of drug-likeness (QED) is 0.736. The van der Waals surface area contributed by atoms with Crippen LogP contribution in [0.15, 0.2) is 73.1 Å². The van der Waals surface area contributed by atoms with Crippen molar-refractivity contribution in [3.63, 3.8) is 0 Å². The van der Waals surface area contributed by atoms with Crippen LogP contribution < -0.4 is 10.2 Å².